The molecule has 1 aliphatic carbocycles. The highest BCUT2D eigenvalue weighted by molar-refractivity contribution is 7.98. The largest absolute Gasteiger partial charge is 0.314 e. The Labute approximate surface area is 85.4 Å². The van der Waals surface area contributed by atoms with Crippen LogP contribution in [0.25, 0.3) is 0 Å². The zero-order chi connectivity index (χ0) is 9.10. The Hall–Kier alpha value is 0.270. The molecule has 0 aromatic carbocycles. The Balaban J connectivity index is 1.81. The van der Waals surface area contributed by atoms with Crippen LogP contribution in [0.2, 0.25) is 0 Å². The molecule has 2 rings (SSSR count). The summed E-state index contributed by atoms with van der Waals surface area (Å²) in [5.41, 5.74) is 0. The molecule has 2 nitrogen and oxygen atoms in total. The first-order chi connectivity index (χ1) is 6.42. The van der Waals surface area contributed by atoms with E-state index in [1.165, 1.54) is 44.8 Å². The Bertz CT molecular complexity index is 159. The molecular formula is C10H20N2S. The fourth-order valence-corrected chi connectivity index (χ4v) is 2.62. The number of nitrogens with one attached hydrogen (secondary N) is 1. The molecular weight excluding hydrogens is 180 g/mol. The molecule has 13 heavy (non-hydrogen) atoms. The summed E-state index contributed by atoms with van der Waals surface area (Å²) >= 11 is 1.97. The van der Waals surface area contributed by atoms with Gasteiger partial charge in [-0.2, -0.15) is 11.8 Å². The predicted molar refractivity (Wildman–Crippen MR) is 59.3 cm³/mol. The molecule has 1 saturated carbocycles. The average molecular weight is 200 g/mol. The monoisotopic (exact) mass is 200 g/mol. The van der Waals surface area contributed by atoms with Crippen LogP contribution in [0.4, 0.5) is 0 Å². The summed E-state index contributed by atoms with van der Waals surface area (Å²) in [5.74, 6) is 2.32. The zero-order valence-electron chi connectivity index (χ0n) is 8.46. The number of hydrogen-bond donors (Lipinski definition) is 1. The van der Waals surface area contributed by atoms with Crippen molar-refractivity contribution in [3.05, 3.63) is 0 Å². The van der Waals surface area contributed by atoms with Gasteiger partial charge in [0.2, 0.25) is 0 Å². The molecule has 1 heterocycles. The van der Waals surface area contributed by atoms with Gasteiger partial charge in [-0.25, -0.2) is 0 Å². The highest BCUT2D eigenvalue weighted by Gasteiger charge is 2.35. The van der Waals surface area contributed by atoms with Crippen LogP contribution in [0.15, 0.2) is 0 Å². The van der Waals surface area contributed by atoms with E-state index in [-0.39, 0.29) is 0 Å². The third-order valence-electron chi connectivity index (χ3n) is 3.15. The van der Waals surface area contributed by atoms with Gasteiger partial charge in [0.1, 0.15) is 0 Å². The van der Waals surface area contributed by atoms with E-state index in [0.717, 1.165) is 12.0 Å². The maximum atomic E-state index is 3.51. The molecule has 0 bridgehead atoms. The minimum absolute atomic E-state index is 0.862. The number of piperazine rings is 1. The highest BCUT2D eigenvalue weighted by Crippen LogP contribution is 2.35. The third kappa shape index (κ3) is 2.61. The molecule has 1 atom stereocenters. The summed E-state index contributed by atoms with van der Waals surface area (Å²) in [7, 11) is 0. The Morgan fingerprint density at radius 2 is 2.31 bits per heavy atom. The molecule has 1 saturated heterocycles. The lowest BCUT2D eigenvalue weighted by Crippen LogP contribution is -2.52. The van der Waals surface area contributed by atoms with Gasteiger partial charge in [-0.15, -0.1) is 0 Å². The van der Waals surface area contributed by atoms with Crippen molar-refractivity contribution in [1.29, 1.82) is 0 Å². The van der Waals surface area contributed by atoms with E-state index >= 15 is 0 Å². The van der Waals surface area contributed by atoms with Crippen LogP contribution in [0.5, 0.6) is 0 Å². The summed E-state index contributed by atoms with van der Waals surface area (Å²) in [6.45, 7) is 4.99. The third-order valence-corrected chi connectivity index (χ3v) is 3.74. The number of rotatable bonds is 4. The molecule has 1 N–H and O–H groups in total. The van der Waals surface area contributed by atoms with E-state index in [9.17, 15) is 0 Å². The Morgan fingerprint density at radius 3 is 3.00 bits per heavy atom. The number of nitrogens with zero attached hydrogens (tertiary/aromatic N) is 1. The number of thioether (sulfide) groups is 1. The van der Waals surface area contributed by atoms with Gasteiger partial charge in [0, 0.05) is 38.0 Å². The smallest absolute Gasteiger partial charge is 0.0249 e. The molecule has 1 aliphatic heterocycles. The maximum absolute atomic E-state index is 3.51. The second-order valence-electron chi connectivity index (χ2n) is 4.14. The van der Waals surface area contributed by atoms with Crippen LogP contribution < -0.4 is 5.32 Å². The zero-order valence-corrected chi connectivity index (χ0v) is 9.28. The molecule has 0 spiro atoms. The van der Waals surface area contributed by atoms with Crippen molar-refractivity contribution < 1.29 is 0 Å². The molecule has 0 amide bonds. The van der Waals surface area contributed by atoms with Gasteiger partial charge in [-0.05, 0) is 25.0 Å². The Kier molecular flexibility index (Phi) is 3.52. The van der Waals surface area contributed by atoms with Crippen LogP contribution in [-0.2, 0) is 0 Å². The second-order valence-corrected chi connectivity index (χ2v) is 5.12. The number of hydrogen-bond acceptors (Lipinski definition) is 3. The normalized spacial score (nSPS) is 30.7. The van der Waals surface area contributed by atoms with E-state index in [1.807, 2.05) is 11.8 Å². The van der Waals surface area contributed by atoms with E-state index in [2.05, 4.69) is 16.5 Å². The molecule has 1 unspecified atom stereocenters. The fraction of sp³-hybridized carbons (Fsp3) is 1.00. The highest BCUT2D eigenvalue weighted by atomic mass is 32.2. The molecule has 3 heteroatoms. The van der Waals surface area contributed by atoms with Gasteiger partial charge in [-0.1, -0.05) is 0 Å². The quantitative estimate of drug-likeness (QED) is 0.730. The molecule has 2 aliphatic rings. The van der Waals surface area contributed by atoms with Gasteiger partial charge in [0.05, 0.1) is 0 Å². The minimum Gasteiger partial charge on any atom is -0.314 e. The first-order valence-corrected chi connectivity index (χ1v) is 6.75. The predicted octanol–water partition coefficient (Wildman–Crippen LogP) is 1.03. The van der Waals surface area contributed by atoms with Gasteiger partial charge < -0.3 is 5.32 Å². The van der Waals surface area contributed by atoms with Crippen LogP contribution in [-0.4, -0.2) is 49.1 Å². The lowest BCUT2D eigenvalue weighted by Gasteiger charge is -2.36. The van der Waals surface area contributed by atoms with Crippen molar-refractivity contribution in [1.82, 2.24) is 10.2 Å². The van der Waals surface area contributed by atoms with E-state index < -0.39 is 0 Å². The van der Waals surface area contributed by atoms with Gasteiger partial charge in [-0.3, -0.25) is 4.90 Å². The van der Waals surface area contributed by atoms with Crippen molar-refractivity contribution >= 4 is 11.8 Å². The maximum Gasteiger partial charge on any atom is 0.0249 e. The summed E-state index contributed by atoms with van der Waals surface area (Å²) < 4.78 is 0. The standard InChI is InChI=1S/C10H20N2S/c1-13-7-6-12-5-4-11-8-10(12)9-2-3-9/h9-11H,2-8H2,1H3. The fourth-order valence-electron chi connectivity index (χ4n) is 2.20. The molecule has 0 aromatic heterocycles. The average Bonchev–Trinajstić information content (AvgIpc) is 2.98. The molecule has 0 aromatic rings. The first-order valence-electron chi connectivity index (χ1n) is 5.35. The topological polar surface area (TPSA) is 15.3 Å². The molecule has 0 radical (unpaired) electrons. The van der Waals surface area contributed by atoms with Gasteiger partial charge in [0.25, 0.3) is 0 Å². The van der Waals surface area contributed by atoms with Gasteiger partial charge in [0.15, 0.2) is 0 Å². The molecule has 76 valence electrons. The SMILES string of the molecule is CSCCN1CCNCC1C1CC1. The van der Waals surface area contributed by atoms with Crippen molar-refractivity contribution in [3.8, 4) is 0 Å². The second kappa shape index (κ2) is 4.67. The lowest BCUT2D eigenvalue weighted by atomic mass is 10.1. The van der Waals surface area contributed by atoms with Crippen molar-refractivity contribution in [3.63, 3.8) is 0 Å². The summed E-state index contributed by atoms with van der Waals surface area (Å²) in [5, 5.41) is 3.51. The van der Waals surface area contributed by atoms with Crippen molar-refractivity contribution in [2.75, 3.05) is 38.2 Å². The van der Waals surface area contributed by atoms with Crippen molar-refractivity contribution in [2.24, 2.45) is 5.92 Å². The van der Waals surface area contributed by atoms with Crippen molar-refractivity contribution in [2.45, 2.75) is 18.9 Å². The van der Waals surface area contributed by atoms with Crippen LogP contribution in [0.3, 0.4) is 0 Å². The van der Waals surface area contributed by atoms with Crippen LogP contribution in [0.1, 0.15) is 12.8 Å². The first kappa shape index (κ1) is 9.81. The minimum atomic E-state index is 0.862. The summed E-state index contributed by atoms with van der Waals surface area (Å²) in [6, 6.07) is 0.862. The lowest BCUT2D eigenvalue weighted by molar-refractivity contribution is 0.153. The van der Waals surface area contributed by atoms with E-state index in [4.69, 9.17) is 0 Å². The van der Waals surface area contributed by atoms with E-state index in [1.54, 1.807) is 0 Å². The Morgan fingerprint density at radius 1 is 1.46 bits per heavy atom. The summed E-state index contributed by atoms with van der Waals surface area (Å²) in [6.07, 6.45) is 5.15. The molecule has 2 fully saturated rings. The summed E-state index contributed by atoms with van der Waals surface area (Å²) in [4.78, 5) is 2.70. The van der Waals surface area contributed by atoms with Crippen LogP contribution in [0, 0.1) is 5.92 Å². The van der Waals surface area contributed by atoms with Crippen LogP contribution >= 0.6 is 11.8 Å². The van der Waals surface area contributed by atoms with E-state index in [0.29, 0.717) is 0 Å². The van der Waals surface area contributed by atoms with Gasteiger partial charge >= 0.3 is 0 Å².